The van der Waals surface area contributed by atoms with E-state index in [1.807, 2.05) is 11.8 Å². The molecule has 2 nitrogen and oxygen atoms in total. The van der Waals surface area contributed by atoms with E-state index in [-0.39, 0.29) is 0 Å². The number of thioether (sulfide) groups is 1. The molecule has 0 bridgehead atoms. The summed E-state index contributed by atoms with van der Waals surface area (Å²) in [6, 6.07) is 8.84. The number of ether oxygens (including phenoxy) is 1. The van der Waals surface area contributed by atoms with E-state index in [2.05, 4.69) is 59.4 Å². The topological polar surface area (TPSA) is 21.3 Å². The summed E-state index contributed by atoms with van der Waals surface area (Å²) < 4.78 is 6.76. The maximum Gasteiger partial charge on any atom is 0.0627 e. The lowest BCUT2D eigenvalue weighted by Crippen LogP contribution is -2.35. The number of rotatable bonds is 9. The monoisotopic (exact) mass is 331 g/mol. The Morgan fingerprint density at radius 3 is 2.89 bits per heavy atom. The minimum absolute atomic E-state index is 0.422. The molecule has 0 aliphatic carbocycles. The Morgan fingerprint density at radius 2 is 2.22 bits per heavy atom. The highest BCUT2D eigenvalue weighted by Gasteiger charge is 2.08. The smallest absolute Gasteiger partial charge is 0.0627 e. The van der Waals surface area contributed by atoms with Crippen LogP contribution in [0, 0.1) is 0 Å². The molecule has 1 unspecified atom stereocenters. The van der Waals surface area contributed by atoms with Gasteiger partial charge in [-0.1, -0.05) is 35.8 Å². The van der Waals surface area contributed by atoms with Crippen molar-refractivity contribution in [3.05, 3.63) is 28.7 Å². The van der Waals surface area contributed by atoms with Gasteiger partial charge in [-0.25, -0.2) is 0 Å². The second-order valence-corrected chi connectivity index (χ2v) is 6.11. The van der Waals surface area contributed by atoms with Crippen molar-refractivity contribution in [1.82, 2.24) is 5.32 Å². The molecule has 102 valence electrons. The second kappa shape index (κ2) is 9.84. The van der Waals surface area contributed by atoms with E-state index in [0.717, 1.165) is 36.4 Å². The fraction of sp³-hybridized carbons (Fsp3) is 0.571. The maximum absolute atomic E-state index is 5.62. The first-order valence-corrected chi connectivity index (χ1v) is 8.23. The van der Waals surface area contributed by atoms with Gasteiger partial charge in [-0.15, -0.1) is 11.8 Å². The minimum atomic E-state index is 0.422. The van der Waals surface area contributed by atoms with Gasteiger partial charge < -0.3 is 10.1 Å². The standard InChI is InChI=1S/C14H22BrNOS/c1-3-8-17-10-13(16-4-2)11-18-14-7-5-6-12(15)9-14/h5-7,9,13,16H,3-4,8,10-11H2,1-2H3. The van der Waals surface area contributed by atoms with Gasteiger partial charge in [-0.3, -0.25) is 0 Å². The van der Waals surface area contributed by atoms with Gasteiger partial charge in [-0.05, 0) is 31.2 Å². The Hall–Kier alpha value is -0.0300. The van der Waals surface area contributed by atoms with Crippen LogP contribution in [-0.2, 0) is 4.74 Å². The molecule has 0 saturated carbocycles. The number of nitrogens with one attached hydrogen (secondary N) is 1. The summed E-state index contributed by atoms with van der Waals surface area (Å²) in [5, 5.41) is 3.47. The molecule has 0 aliphatic rings. The highest BCUT2D eigenvalue weighted by molar-refractivity contribution is 9.10. The van der Waals surface area contributed by atoms with Gasteiger partial charge in [0.1, 0.15) is 0 Å². The molecule has 0 amide bonds. The maximum atomic E-state index is 5.62. The third-order valence-corrected chi connectivity index (χ3v) is 4.06. The van der Waals surface area contributed by atoms with Crippen LogP contribution in [0.15, 0.2) is 33.6 Å². The molecule has 1 aromatic rings. The van der Waals surface area contributed by atoms with Crippen molar-refractivity contribution >= 4 is 27.7 Å². The summed E-state index contributed by atoms with van der Waals surface area (Å²) in [5.41, 5.74) is 0. The van der Waals surface area contributed by atoms with Gasteiger partial charge in [0.15, 0.2) is 0 Å². The number of hydrogen-bond donors (Lipinski definition) is 1. The van der Waals surface area contributed by atoms with Gasteiger partial charge in [0, 0.05) is 27.8 Å². The van der Waals surface area contributed by atoms with Crippen molar-refractivity contribution in [3.63, 3.8) is 0 Å². The predicted molar refractivity (Wildman–Crippen MR) is 83.4 cm³/mol. The average Bonchev–Trinajstić information content (AvgIpc) is 2.36. The summed E-state index contributed by atoms with van der Waals surface area (Å²) in [5.74, 6) is 1.04. The lowest BCUT2D eigenvalue weighted by atomic mass is 10.3. The molecule has 0 aromatic heterocycles. The normalized spacial score (nSPS) is 12.6. The van der Waals surface area contributed by atoms with Crippen molar-refractivity contribution in [2.45, 2.75) is 31.2 Å². The van der Waals surface area contributed by atoms with Gasteiger partial charge in [-0.2, -0.15) is 0 Å². The molecule has 0 radical (unpaired) electrons. The van der Waals surface area contributed by atoms with Gasteiger partial charge in [0.05, 0.1) is 6.61 Å². The van der Waals surface area contributed by atoms with E-state index < -0.39 is 0 Å². The highest BCUT2D eigenvalue weighted by atomic mass is 79.9. The lowest BCUT2D eigenvalue weighted by Gasteiger charge is -2.17. The van der Waals surface area contributed by atoms with Gasteiger partial charge in [0.25, 0.3) is 0 Å². The lowest BCUT2D eigenvalue weighted by molar-refractivity contribution is 0.117. The van der Waals surface area contributed by atoms with E-state index in [4.69, 9.17) is 4.74 Å². The summed E-state index contributed by atoms with van der Waals surface area (Å²) in [4.78, 5) is 1.29. The fourth-order valence-electron chi connectivity index (χ4n) is 1.58. The second-order valence-electron chi connectivity index (χ2n) is 4.10. The molecule has 0 saturated heterocycles. The predicted octanol–water partition coefficient (Wildman–Crippen LogP) is 3.95. The molecular weight excluding hydrogens is 310 g/mol. The van der Waals surface area contributed by atoms with Crippen LogP contribution in [0.1, 0.15) is 20.3 Å². The Labute approximate surface area is 123 Å². The number of hydrogen-bond acceptors (Lipinski definition) is 3. The fourth-order valence-corrected chi connectivity index (χ4v) is 3.12. The van der Waals surface area contributed by atoms with Crippen LogP contribution in [0.25, 0.3) is 0 Å². The third kappa shape index (κ3) is 6.78. The zero-order chi connectivity index (χ0) is 13.2. The molecule has 0 spiro atoms. The molecule has 1 rings (SSSR count). The molecule has 1 atom stereocenters. The van der Waals surface area contributed by atoms with Crippen molar-refractivity contribution in [2.75, 3.05) is 25.5 Å². The first-order chi connectivity index (χ1) is 8.76. The molecule has 0 aliphatic heterocycles. The first kappa shape index (κ1) is 16.0. The van der Waals surface area contributed by atoms with E-state index in [9.17, 15) is 0 Å². The Morgan fingerprint density at radius 1 is 1.39 bits per heavy atom. The minimum Gasteiger partial charge on any atom is -0.380 e. The highest BCUT2D eigenvalue weighted by Crippen LogP contribution is 2.22. The molecule has 1 aromatic carbocycles. The summed E-state index contributed by atoms with van der Waals surface area (Å²) in [6.45, 7) is 6.90. The van der Waals surface area contributed by atoms with Crippen LogP contribution in [-0.4, -0.2) is 31.6 Å². The zero-order valence-corrected chi connectivity index (χ0v) is 13.5. The van der Waals surface area contributed by atoms with Crippen LogP contribution < -0.4 is 5.32 Å². The van der Waals surface area contributed by atoms with Crippen molar-refractivity contribution < 1.29 is 4.74 Å². The number of benzene rings is 1. The average molecular weight is 332 g/mol. The molecule has 18 heavy (non-hydrogen) atoms. The van der Waals surface area contributed by atoms with Crippen molar-refractivity contribution in [2.24, 2.45) is 0 Å². The van der Waals surface area contributed by atoms with Crippen LogP contribution >= 0.6 is 27.7 Å². The molecule has 0 heterocycles. The number of likely N-dealkylation sites (N-methyl/N-ethyl adjacent to an activating group) is 1. The van der Waals surface area contributed by atoms with Crippen molar-refractivity contribution in [3.8, 4) is 0 Å². The van der Waals surface area contributed by atoms with E-state index in [1.54, 1.807) is 0 Å². The van der Waals surface area contributed by atoms with E-state index in [0.29, 0.717) is 6.04 Å². The van der Waals surface area contributed by atoms with Crippen LogP contribution in [0.4, 0.5) is 0 Å². The van der Waals surface area contributed by atoms with Gasteiger partial charge in [0.2, 0.25) is 0 Å². The van der Waals surface area contributed by atoms with E-state index >= 15 is 0 Å². The first-order valence-electron chi connectivity index (χ1n) is 6.45. The molecular formula is C14H22BrNOS. The SMILES string of the molecule is CCCOCC(CSc1cccc(Br)c1)NCC. The van der Waals surface area contributed by atoms with Crippen LogP contribution in [0.5, 0.6) is 0 Å². The van der Waals surface area contributed by atoms with Crippen molar-refractivity contribution in [1.29, 1.82) is 0 Å². The summed E-state index contributed by atoms with van der Waals surface area (Å²) >= 11 is 5.37. The van der Waals surface area contributed by atoms with Gasteiger partial charge >= 0.3 is 0 Å². The largest absolute Gasteiger partial charge is 0.380 e. The quantitative estimate of drug-likeness (QED) is 0.547. The van der Waals surface area contributed by atoms with Crippen LogP contribution in [0.2, 0.25) is 0 Å². The Bertz CT molecular complexity index is 335. The van der Waals surface area contributed by atoms with Crippen LogP contribution in [0.3, 0.4) is 0 Å². The third-order valence-electron chi connectivity index (χ3n) is 2.41. The van der Waals surface area contributed by atoms with E-state index in [1.165, 1.54) is 4.90 Å². The summed E-state index contributed by atoms with van der Waals surface area (Å²) in [7, 11) is 0. The molecule has 0 fully saturated rings. The molecule has 4 heteroatoms. The number of halogens is 1. The summed E-state index contributed by atoms with van der Waals surface area (Å²) in [6.07, 6.45) is 1.08. The Balaban J connectivity index is 2.36. The Kier molecular flexibility index (Phi) is 8.76. The zero-order valence-electron chi connectivity index (χ0n) is 11.1. The molecule has 1 N–H and O–H groups in total.